The van der Waals surface area contributed by atoms with Crippen molar-refractivity contribution in [2.45, 2.75) is 6.42 Å². The SMILES string of the molecule is CSC[C@H]1CN(c2ccc(Br)cc2)C(=O)[C@H]1CC(=O)Nc1ccccc1. The largest absolute Gasteiger partial charge is 0.326 e. The van der Waals surface area contributed by atoms with Gasteiger partial charge >= 0.3 is 0 Å². The van der Waals surface area contributed by atoms with E-state index in [4.69, 9.17) is 0 Å². The van der Waals surface area contributed by atoms with Crippen LogP contribution in [0, 0.1) is 11.8 Å². The van der Waals surface area contributed by atoms with E-state index in [0.29, 0.717) is 6.54 Å². The van der Waals surface area contributed by atoms with E-state index in [1.807, 2.05) is 65.8 Å². The number of benzene rings is 2. The zero-order valence-electron chi connectivity index (χ0n) is 14.5. The molecule has 1 N–H and O–H groups in total. The highest BCUT2D eigenvalue weighted by atomic mass is 79.9. The molecule has 0 aromatic heterocycles. The highest BCUT2D eigenvalue weighted by Crippen LogP contribution is 2.34. The average molecular weight is 433 g/mol. The van der Waals surface area contributed by atoms with Crippen LogP contribution in [0.25, 0.3) is 0 Å². The lowest BCUT2D eigenvalue weighted by Crippen LogP contribution is -2.29. The Labute approximate surface area is 166 Å². The summed E-state index contributed by atoms with van der Waals surface area (Å²) in [7, 11) is 0. The maximum absolute atomic E-state index is 13.0. The van der Waals surface area contributed by atoms with Gasteiger partial charge in [-0.2, -0.15) is 11.8 Å². The van der Waals surface area contributed by atoms with Crippen LogP contribution in [0.15, 0.2) is 59.1 Å². The maximum atomic E-state index is 13.0. The Bertz CT molecular complexity index is 767. The molecule has 0 spiro atoms. The van der Waals surface area contributed by atoms with Crippen LogP contribution in [0.3, 0.4) is 0 Å². The first-order valence-electron chi connectivity index (χ1n) is 8.49. The molecule has 1 heterocycles. The van der Waals surface area contributed by atoms with Crippen molar-refractivity contribution in [1.82, 2.24) is 0 Å². The van der Waals surface area contributed by atoms with E-state index in [1.54, 1.807) is 11.8 Å². The maximum Gasteiger partial charge on any atom is 0.231 e. The minimum absolute atomic E-state index is 0.0367. The van der Waals surface area contributed by atoms with Crippen LogP contribution in [0.4, 0.5) is 11.4 Å². The number of thioether (sulfide) groups is 1. The normalized spacial score (nSPS) is 19.6. The second kappa shape index (κ2) is 8.73. The minimum Gasteiger partial charge on any atom is -0.326 e. The number of anilines is 2. The van der Waals surface area contributed by atoms with Gasteiger partial charge in [0.1, 0.15) is 0 Å². The summed E-state index contributed by atoms with van der Waals surface area (Å²) in [4.78, 5) is 27.3. The molecule has 0 aliphatic carbocycles. The van der Waals surface area contributed by atoms with Crippen LogP contribution < -0.4 is 10.2 Å². The van der Waals surface area contributed by atoms with Gasteiger partial charge in [-0.15, -0.1) is 0 Å². The number of para-hydroxylation sites is 1. The molecule has 26 heavy (non-hydrogen) atoms. The summed E-state index contributed by atoms with van der Waals surface area (Å²) in [5.74, 6) is 0.674. The Balaban J connectivity index is 1.72. The third kappa shape index (κ3) is 4.48. The van der Waals surface area contributed by atoms with Crippen molar-refractivity contribution in [3.05, 3.63) is 59.1 Å². The van der Waals surface area contributed by atoms with Crippen LogP contribution in [-0.4, -0.2) is 30.4 Å². The Morgan fingerprint density at radius 3 is 2.54 bits per heavy atom. The molecule has 2 atom stereocenters. The number of nitrogens with one attached hydrogen (secondary N) is 1. The standard InChI is InChI=1S/C20H21BrN2O2S/c1-26-13-14-12-23(17-9-7-15(21)8-10-17)20(25)18(14)11-19(24)22-16-5-3-2-4-6-16/h2-10,14,18H,11-13H2,1H3,(H,22,24)/t14-,18+/m1/s1. The molecule has 1 aliphatic rings. The molecule has 0 radical (unpaired) electrons. The summed E-state index contributed by atoms with van der Waals surface area (Å²) < 4.78 is 0.979. The van der Waals surface area contributed by atoms with E-state index in [2.05, 4.69) is 21.2 Å². The molecular formula is C20H21BrN2O2S. The van der Waals surface area contributed by atoms with Crippen molar-refractivity contribution < 1.29 is 9.59 Å². The Kier molecular flexibility index (Phi) is 6.38. The summed E-state index contributed by atoms with van der Waals surface area (Å²) in [5, 5.41) is 2.89. The predicted molar refractivity (Wildman–Crippen MR) is 112 cm³/mol. The molecule has 2 aromatic rings. The average Bonchev–Trinajstić information content (AvgIpc) is 2.93. The predicted octanol–water partition coefficient (Wildman–Crippen LogP) is 4.42. The fourth-order valence-electron chi connectivity index (χ4n) is 3.28. The third-order valence-electron chi connectivity index (χ3n) is 4.55. The molecule has 0 saturated carbocycles. The molecule has 0 bridgehead atoms. The fourth-order valence-corrected chi connectivity index (χ4v) is 4.31. The quantitative estimate of drug-likeness (QED) is 0.734. The van der Waals surface area contributed by atoms with Gasteiger partial charge in [-0.05, 0) is 54.3 Å². The van der Waals surface area contributed by atoms with Gasteiger partial charge in [-0.25, -0.2) is 0 Å². The second-order valence-corrected chi connectivity index (χ2v) is 8.19. The topological polar surface area (TPSA) is 49.4 Å². The number of hydrogen-bond acceptors (Lipinski definition) is 3. The summed E-state index contributed by atoms with van der Waals surface area (Å²) in [6.07, 6.45) is 2.25. The Morgan fingerprint density at radius 1 is 1.19 bits per heavy atom. The lowest BCUT2D eigenvalue weighted by molar-refractivity contribution is -0.125. The summed E-state index contributed by atoms with van der Waals surface area (Å²) in [5.41, 5.74) is 1.64. The summed E-state index contributed by atoms with van der Waals surface area (Å²) >= 11 is 5.14. The monoisotopic (exact) mass is 432 g/mol. The molecule has 6 heteroatoms. The highest BCUT2D eigenvalue weighted by Gasteiger charge is 2.41. The number of nitrogens with zero attached hydrogens (tertiary/aromatic N) is 1. The number of rotatable bonds is 6. The van der Waals surface area contributed by atoms with Crippen molar-refractivity contribution in [3.63, 3.8) is 0 Å². The van der Waals surface area contributed by atoms with Gasteiger partial charge in [0.2, 0.25) is 11.8 Å². The molecule has 136 valence electrons. The lowest BCUT2D eigenvalue weighted by atomic mass is 9.93. The van der Waals surface area contributed by atoms with E-state index in [1.165, 1.54) is 0 Å². The first-order chi connectivity index (χ1) is 12.6. The number of carbonyl (C=O) groups is 2. The van der Waals surface area contributed by atoms with E-state index in [9.17, 15) is 9.59 Å². The van der Waals surface area contributed by atoms with Crippen molar-refractivity contribution in [2.75, 3.05) is 28.8 Å². The van der Waals surface area contributed by atoms with Gasteiger partial charge in [-0.3, -0.25) is 9.59 Å². The van der Waals surface area contributed by atoms with Crippen LogP contribution in [0.5, 0.6) is 0 Å². The molecule has 1 fully saturated rings. The van der Waals surface area contributed by atoms with Crippen LogP contribution in [0.2, 0.25) is 0 Å². The number of amides is 2. The van der Waals surface area contributed by atoms with Crippen molar-refractivity contribution >= 4 is 50.9 Å². The molecule has 1 aliphatic heterocycles. The third-order valence-corrected chi connectivity index (χ3v) is 5.84. The molecule has 4 nitrogen and oxygen atoms in total. The molecule has 3 rings (SSSR count). The number of carbonyl (C=O) groups excluding carboxylic acids is 2. The van der Waals surface area contributed by atoms with Gasteiger partial charge in [0.25, 0.3) is 0 Å². The molecular weight excluding hydrogens is 412 g/mol. The zero-order chi connectivity index (χ0) is 18.5. The zero-order valence-corrected chi connectivity index (χ0v) is 16.9. The Hall–Kier alpha value is -1.79. The highest BCUT2D eigenvalue weighted by molar-refractivity contribution is 9.10. The fraction of sp³-hybridized carbons (Fsp3) is 0.300. The Morgan fingerprint density at radius 2 is 1.88 bits per heavy atom. The van der Waals surface area contributed by atoms with Crippen molar-refractivity contribution in [2.24, 2.45) is 11.8 Å². The minimum atomic E-state index is -0.283. The lowest BCUT2D eigenvalue weighted by Gasteiger charge is -2.17. The van der Waals surface area contributed by atoms with E-state index in [-0.39, 0.29) is 30.1 Å². The van der Waals surface area contributed by atoms with Gasteiger partial charge in [-0.1, -0.05) is 34.1 Å². The van der Waals surface area contributed by atoms with Gasteiger partial charge < -0.3 is 10.2 Å². The van der Waals surface area contributed by atoms with Crippen molar-refractivity contribution in [1.29, 1.82) is 0 Å². The van der Waals surface area contributed by atoms with E-state index < -0.39 is 0 Å². The number of hydrogen-bond donors (Lipinski definition) is 1. The smallest absolute Gasteiger partial charge is 0.231 e. The molecule has 0 unspecified atom stereocenters. The first-order valence-corrected chi connectivity index (χ1v) is 10.7. The van der Waals surface area contributed by atoms with Crippen LogP contribution in [0.1, 0.15) is 6.42 Å². The van der Waals surface area contributed by atoms with Gasteiger partial charge in [0.15, 0.2) is 0 Å². The first kappa shape index (κ1) is 19.0. The van der Waals surface area contributed by atoms with Gasteiger partial charge in [0.05, 0.1) is 5.92 Å². The second-order valence-electron chi connectivity index (χ2n) is 6.37. The number of halogens is 1. The van der Waals surface area contributed by atoms with Gasteiger partial charge in [0, 0.05) is 28.8 Å². The molecule has 2 aromatic carbocycles. The van der Waals surface area contributed by atoms with E-state index in [0.717, 1.165) is 21.6 Å². The van der Waals surface area contributed by atoms with Crippen LogP contribution >= 0.6 is 27.7 Å². The summed E-state index contributed by atoms with van der Waals surface area (Å²) in [6, 6.07) is 17.1. The molecule has 1 saturated heterocycles. The summed E-state index contributed by atoms with van der Waals surface area (Å²) in [6.45, 7) is 0.657. The molecule has 2 amide bonds. The van der Waals surface area contributed by atoms with Crippen molar-refractivity contribution in [3.8, 4) is 0 Å². The van der Waals surface area contributed by atoms with E-state index >= 15 is 0 Å². The van der Waals surface area contributed by atoms with Crippen LogP contribution in [-0.2, 0) is 9.59 Å².